The Morgan fingerprint density at radius 2 is 2.00 bits per heavy atom. The van der Waals surface area contributed by atoms with Crippen molar-refractivity contribution in [1.29, 1.82) is 0 Å². The van der Waals surface area contributed by atoms with Crippen molar-refractivity contribution in [2.75, 3.05) is 0 Å². The van der Waals surface area contributed by atoms with Crippen molar-refractivity contribution >= 4 is 7.85 Å². The highest BCUT2D eigenvalue weighted by Gasteiger charge is 2.03. The van der Waals surface area contributed by atoms with E-state index in [1.807, 2.05) is 20.8 Å². The first-order chi connectivity index (χ1) is 5.69. The molecule has 2 heteroatoms. The van der Waals surface area contributed by atoms with Crippen LogP contribution in [-0.2, 0) is 12.7 Å². The SMILES string of the molecule is BCc1cc(CC)c(C)cc1F. The summed E-state index contributed by atoms with van der Waals surface area (Å²) >= 11 is 0. The third-order valence-electron chi connectivity index (χ3n) is 2.27. The summed E-state index contributed by atoms with van der Waals surface area (Å²) in [6.45, 7) is 4.06. The molecule has 0 aliphatic rings. The summed E-state index contributed by atoms with van der Waals surface area (Å²) in [7, 11) is 1.98. The molecule has 0 aromatic heterocycles. The Labute approximate surface area is 74.2 Å². The average molecular weight is 164 g/mol. The van der Waals surface area contributed by atoms with E-state index in [4.69, 9.17) is 0 Å². The van der Waals surface area contributed by atoms with Gasteiger partial charge in [0.2, 0.25) is 0 Å². The Balaban J connectivity index is 3.18. The third kappa shape index (κ3) is 1.68. The number of halogens is 1. The summed E-state index contributed by atoms with van der Waals surface area (Å²) in [6.07, 6.45) is 1.76. The van der Waals surface area contributed by atoms with Gasteiger partial charge in [0.1, 0.15) is 13.7 Å². The Bertz CT molecular complexity index is 256. The van der Waals surface area contributed by atoms with Gasteiger partial charge in [-0.05, 0) is 36.1 Å². The van der Waals surface area contributed by atoms with Crippen LogP contribution in [0.5, 0.6) is 0 Å². The molecule has 0 nitrogen and oxygen atoms in total. The van der Waals surface area contributed by atoms with Gasteiger partial charge < -0.3 is 0 Å². The van der Waals surface area contributed by atoms with E-state index in [9.17, 15) is 4.39 Å². The van der Waals surface area contributed by atoms with Crippen LogP contribution >= 0.6 is 0 Å². The number of hydrogen-bond acceptors (Lipinski definition) is 0. The lowest BCUT2D eigenvalue weighted by Crippen LogP contribution is -1.95. The van der Waals surface area contributed by atoms with Crippen LogP contribution in [0.2, 0.25) is 0 Å². The molecule has 0 aliphatic heterocycles. The molecule has 0 spiro atoms. The van der Waals surface area contributed by atoms with E-state index in [1.165, 1.54) is 5.56 Å². The lowest BCUT2D eigenvalue weighted by molar-refractivity contribution is 0.614. The van der Waals surface area contributed by atoms with Gasteiger partial charge in [-0.25, -0.2) is 4.39 Å². The fourth-order valence-electron chi connectivity index (χ4n) is 1.42. The minimum Gasteiger partial charge on any atom is -0.207 e. The maximum Gasteiger partial charge on any atom is 0.125 e. The van der Waals surface area contributed by atoms with Gasteiger partial charge in [-0.15, -0.1) is 0 Å². The monoisotopic (exact) mass is 164 g/mol. The summed E-state index contributed by atoms with van der Waals surface area (Å²) in [5.41, 5.74) is 3.15. The molecule has 0 fully saturated rings. The highest BCUT2D eigenvalue weighted by Crippen LogP contribution is 2.15. The summed E-state index contributed by atoms with van der Waals surface area (Å²) in [4.78, 5) is 0. The molecule has 0 heterocycles. The van der Waals surface area contributed by atoms with E-state index in [-0.39, 0.29) is 5.82 Å². The van der Waals surface area contributed by atoms with Crippen molar-refractivity contribution in [2.45, 2.75) is 26.6 Å². The van der Waals surface area contributed by atoms with Gasteiger partial charge in [0.25, 0.3) is 0 Å². The van der Waals surface area contributed by atoms with Gasteiger partial charge in [-0.2, -0.15) is 0 Å². The second kappa shape index (κ2) is 3.75. The van der Waals surface area contributed by atoms with Gasteiger partial charge in [0.15, 0.2) is 0 Å². The van der Waals surface area contributed by atoms with Gasteiger partial charge in [-0.1, -0.05) is 19.3 Å². The molecule has 0 amide bonds. The van der Waals surface area contributed by atoms with Crippen LogP contribution in [0.1, 0.15) is 23.6 Å². The highest BCUT2D eigenvalue weighted by atomic mass is 19.1. The lowest BCUT2D eigenvalue weighted by atomic mass is 9.93. The molecule has 0 radical (unpaired) electrons. The minimum atomic E-state index is -0.0628. The normalized spacial score (nSPS) is 10.2. The van der Waals surface area contributed by atoms with E-state index < -0.39 is 0 Å². The molecule has 0 bridgehead atoms. The molecule has 0 aliphatic carbocycles. The Morgan fingerprint density at radius 1 is 1.33 bits per heavy atom. The number of aryl methyl sites for hydroxylation is 2. The number of benzene rings is 1. The predicted octanol–water partition coefficient (Wildman–Crippen LogP) is 1.83. The quantitative estimate of drug-likeness (QED) is 0.585. The predicted molar refractivity (Wildman–Crippen MR) is 52.8 cm³/mol. The van der Waals surface area contributed by atoms with Crippen LogP contribution in [-0.4, -0.2) is 7.85 Å². The van der Waals surface area contributed by atoms with Gasteiger partial charge in [0, 0.05) is 0 Å². The standard InChI is InChI=1S/C10H14BF/c1-3-8-5-9(6-11)10(12)4-7(8)2/h4-5H,3,6,11H2,1-2H3. The van der Waals surface area contributed by atoms with Crippen LogP contribution in [0.25, 0.3) is 0 Å². The summed E-state index contributed by atoms with van der Waals surface area (Å²) < 4.78 is 13.2. The maximum atomic E-state index is 13.2. The van der Waals surface area contributed by atoms with E-state index in [2.05, 4.69) is 6.92 Å². The van der Waals surface area contributed by atoms with Crippen LogP contribution in [0.3, 0.4) is 0 Å². The van der Waals surface area contributed by atoms with Gasteiger partial charge in [0.05, 0.1) is 0 Å². The van der Waals surface area contributed by atoms with E-state index in [0.717, 1.165) is 23.9 Å². The summed E-state index contributed by atoms with van der Waals surface area (Å²) in [6, 6.07) is 3.61. The van der Waals surface area contributed by atoms with Crippen molar-refractivity contribution in [3.8, 4) is 0 Å². The fourth-order valence-corrected chi connectivity index (χ4v) is 1.42. The van der Waals surface area contributed by atoms with Crippen LogP contribution in [0.15, 0.2) is 12.1 Å². The first-order valence-electron chi connectivity index (χ1n) is 4.47. The molecule has 12 heavy (non-hydrogen) atoms. The van der Waals surface area contributed by atoms with Crippen LogP contribution in [0.4, 0.5) is 4.39 Å². The largest absolute Gasteiger partial charge is 0.207 e. The highest BCUT2D eigenvalue weighted by molar-refractivity contribution is 6.08. The minimum absolute atomic E-state index is 0.0628. The molecule has 1 rings (SSSR count). The first-order valence-corrected chi connectivity index (χ1v) is 4.47. The Hall–Kier alpha value is -0.785. The molecular formula is C10H14BF. The third-order valence-corrected chi connectivity index (χ3v) is 2.27. The molecule has 1 aromatic rings. The second-order valence-corrected chi connectivity index (χ2v) is 3.08. The topological polar surface area (TPSA) is 0 Å². The summed E-state index contributed by atoms with van der Waals surface area (Å²) in [5.74, 6) is -0.0628. The van der Waals surface area contributed by atoms with Crippen molar-refractivity contribution in [1.82, 2.24) is 0 Å². The number of hydrogen-bond donors (Lipinski definition) is 0. The van der Waals surface area contributed by atoms with Crippen molar-refractivity contribution < 1.29 is 4.39 Å². The zero-order valence-corrected chi connectivity index (χ0v) is 7.95. The molecule has 0 atom stereocenters. The molecule has 0 saturated carbocycles. The van der Waals surface area contributed by atoms with Crippen molar-refractivity contribution in [3.63, 3.8) is 0 Å². The second-order valence-electron chi connectivity index (χ2n) is 3.08. The van der Waals surface area contributed by atoms with Crippen LogP contribution in [0, 0.1) is 12.7 Å². The van der Waals surface area contributed by atoms with E-state index in [1.54, 1.807) is 6.07 Å². The molecular weight excluding hydrogens is 150 g/mol. The molecule has 64 valence electrons. The average Bonchev–Trinajstić information content (AvgIpc) is 2.05. The molecule has 0 unspecified atom stereocenters. The van der Waals surface area contributed by atoms with Gasteiger partial charge >= 0.3 is 0 Å². The van der Waals surface area contributed by atoms with E-state index in [0.29, 0.717) is 0 Å². The lowest BCUT2D eigenvalue weighted by Gasteiger charge is -2.06. The van der Waals surface area contributed by atoms with Crippen LogP contribution < -0.4 is 0 Å². The molecule has 0 saturated heterocycles. The molecule has 0 N–H and O–H groups in total. The fraction of sp³-hybridized carbons (Fsp3) is 0.400. The zero-order valence-electron chi connectivity index (χ0n) is 7.95. The zero-order chi connectivity index (χ0) is 9.14. The van der Waals surface area contributed by atoms with Crippen molar-refractivity contribution in [2.24, 2.45) is 0 Å². The summed E-state index contributed by atoms with van der Waals surface area (Å²) in [5, 5.41) is 0. The number of rotatable bonds is 2. The first kappa shape index (κ1) is 9.30. The Kier molecular flexibility index (Phi) is 2.91. The maximum absolute atomic E-state index is 13.2. The van der Waals surface area contributed by atoms with E-state index >= 15 is 0 Å². The molecule has 1 aromatic carbocycles. The smallest absolute Gasteiger partial charge is 0.125 e. The van der Waals surface area contributed by atoms with Gasteiger partial charge in [-0.3, -0.25) is 0 Å². The van der Waals surface area contributed by atoms with Crippen molar-refractivity contribution in [3.05, 3.63) is 34.6 Å². The Morgan fingerprint density at radius 3 is 2.50 bits per heavy atom.